The number of nitrogens with zero attached hydrogens (tertiary/aromatic N) is 2. The lowest BCUT2D eigenvalue weighted by atomic mass is 10.0. The van der Waals surface area contributed by atoms with Crippen LogP contribution in [-0.4, -0.2) is 50.5 Å². The molecule has 0 aliphatic rings. The molecule has 0 bridgehead atoms. The van der Waals surface area contributed by atoms with Crippen molar-refractivity contribution in [3.05, 3.63) is 100 Å². The summed E-state index contributed by atoms with van der Waals surface area (Å²) < 4.78 is 27.0. The molecule has 0 radical (unpaired) electrons. The maximum Gasteiger partial charge on any atom is 0.244 e. The molecule has 3 aromatic rings. The number of aryl methyl sites for hydroxylation is 2. The zero-order valence-electron chi connectivity index (χ0n) is 23.6. The Morgan fingerprint density at radius 1 is 0.975 bits per heavy atom. The number of carbonyl (C=O) groups excluding carboxylic acids is 2. The van der Waals surface area contributed by atoms with E-state index in [0.717, 1.165) is 40.1 Å². The molecule has 0 heterocycles. The SMILES string of the molecule is CCCCNC(=O)[C@H](Cc1ccccc1)N(Cc1ccccc1Cl)C(=O)CN(c1ccc(C)cc1C)S(C)(=O)=O. The van der Waals surface area contributed by atoms with Crippen LogP contribution in [0, 0.1) is 13.8 Å². The van der Waals surface area contributed by atoms with Gasteiger partial charge in [-0.1, -0.05) is 91.2 Å². The van der Waals surface area contributed by atoms with Crippen LogP contribution in [0.4, 0.5) is 5.69 Å². The number of amides is 2. The summed E-state index contributed by atoms with van der Waals surface area (Å²) in [6, 6.07) is 21.1. The summed E-state index contributed by atoms with van der Waals surface area (Å²) in [5.74, 6) is -0.799. The van der Waals surface area contributed by atoms with Gasteiger partial charge in [-0.15, -0.1) is 0 Å². The number of halogens is 1. The van der Waals surface area contributed by atoms with E-state index >= 15 is 0 Å². The highest BCUT2D eigenvalue weighted by Gasteiger charge is 2.33. The van der Waals surface area contributed by atoms with Crippen molar-refractivity contribution in [3.8, 4) is 0 Å². The molecule has 1 atom stereocenters. The first kappa shape index (κ1) is 31.2. The van der Waals surface area contributed by atoms with E-state index in [9.17, 15) is 18.0 Å². The smallest absolute Gasteiger partial charge is 0.244 e. The minimum Gasteiger partial charge on any atom is -0.354 e. The van der Waals surface area contributed by atoms with Gasteiger partial charge in [0.2, 0.25) is 21.8 Å². The van der Waals surface area contributed by atoms with Gasteiger partial charge in [0.05, 0.1) is 11.9 Å². The molecule has 0 fully saturated rings. The topological polar surface area (TPSA) is 86.8 Å². The number of benzene rings is 3. The zero-order chi connectivity index (χ0) is 29.3. The average molecular weight is 584 g/mol. The minimum absolute atomic E-state index is 0.0433. The van der Waals surface area contributed by atoms with Gasteiger partial charge in [-0.05, 0) is 49.1 Å². The van der Waals surface area contributed by atoms with Gasteiger partial charge in [-0.25, -0.2) is 8.42 Å². The summed E-state index contributed by atoms with van der Waals surface area (Å²) >= 11 is 6.48. The Kier molecular flexibility index (Phi) is 11.2. The second kappa shape index (κ2) is 14.3. The third-order valence-electron chi connectivity index (χ3n) is 6.70. The van der Waals surface area contributed by atoms with E-state index in [1.165, 1.54) is 4.90 Å². The van der Waals surface area contributed by atoms with E-state index in [1.807, 2.05) is 69.3 Å². The fraction of sp³-hybridized carbons (Fsp3) is 0.355. The molecule has 0 saturated carbocycles. The average Bonchev–Trinajstić information content (AvgIpc) is 2.90. The summed E-state index contributed by atoms with van der Waals surface area (Å²) in [5.41, 5.74) is 3.67. The largest absolute Gasteiger partial charge is 0.354 e. The van der Waals surface area contributed by atoms with Gasteiger partial charge in [0.1, 0.15) is 12.6 Å². The Balaban J connectivity index is 2.06. The van der Waals surface area contributed by atoms with Crippen molar-refractivity contribution in [2.45, 2.75) is 52.6 Å². The molecule has 214 valence electrons. The summed E-state index contributed by atoms with van der Waals surface area (Å²) in [6.07, 6.45) is 3.05. The van der Waals surface area contributed by atoms with Gasteiger partial charge >= 0.3 is 0 Å². The number of carbonyl (C=O) groups is 2. The second-order valence-corrected chi connectivity index (χ2v) is 12.3. The van der Waals surface area contributed by atoms with Crippen LogP contribution in [0.25, 0.3) is 0 Å². The normalized spacial score (nSPS) is 12.0. The van der Waals surface area contributed by atoms with Gasteiger partial charge in [-0.3, -0.25) is 13.9 Å². The molecular formula is C31H38ClN3O4S. The highest BCUT2D eigenvalue weighted by Crippen LogP contribution is 2.25. The van der Waals surface area contributed by atoms with Gasteiger partial charge in [-0.2, -0.15) is 0 Å². The molecule has 0 aromatic heterocycles. The van der Waals surface area contributed by atoms with Crippen LogP contribution in [0.2, 0.25) is 5.02 Å². The molecule has 0 saturated heterocycles. The Morgan fingerprint density at radius 2 is 1.65 bits per heavy atom. The lowest BCUT2D eigenvalue weighted by Gasteiger charge is -2.34. The Bertz CT molecular complexity index is 1410. The second-order valence-electron chi connectivity index (χ2n) is 10.0. The number of unbranched alkanes of at least 4 members (excludes halogenated alkanes) is 1. The highest BCUT2D eigenvalue weighted by molar-refractivity contribution is 7.92. The lowest BCUT2D eigenvalue weighted by Crippen LogP contribution is -2.53. The van der Waals surface area contributed by atoms with Gasteiger partial charge < -0.3 is 10.2 Å². The molecule has 1 N–H and O–H groups in total. The highest BCUT2D eigenvalue weighted by atomic mass is 35.5. The van der Waals surface area contributed by atoms with Gasteiger partial charge in [0.15, 0.2) is 0 Å². The van der Waals surface area contributed by atoms with E-state index < -0.39 is 28.5 Å². The predicted molar refractivity (Wildman–Crippen MR) is 162 cm³/mol. The molecule has 3 aromatic carbocycles. The number of nitrogens with one attached hydrogen (secondary N) is 1. The van der Waals surface area contributed by atoms with Crippen LogP contribution < -0.4 is 9.62 Å². The fourth-order valence-electron chi connectivity index (χ4n) is 4.55. The first-order valence-corrected chi connectivity index (χ1v) is 15.6. The monoisotopic (exact) mass is 583 g/mol. The van der Waals surface area contributed by atoms with Crippen LogP contribution in [0.1, 0.15) is 42.0 Å². The summed E-state index contributed by atoms with van der Waals surface area (Å²) in [6.45, 7) is 5.83. The molecule has 0 aliphatic heterocycles. The molecule has 2 amide bonds. The number of rotatable bonds is 13. The Morgan fingerprint density at radius 3 is 2.27 bits per heavy atom. The number of hydrogen-bond acceptors (Lipinski definition) is 4. The van der Waals surface area contributed by atoms with Crippen LogP contribution in [0.5, 0.6) is 0 Å². The number of hydrogen-bond donors (Lipinski definition) is 1. The van der Waals surface area contributed by atoms with Crippen molar-refractivity contribution >= 4 is 39.1 Å². The summed E-state index contributed by atoms with van der Waals surface area (Å²) in [5, 5.41) is 3.43. The van der Waals surface area contributed by atoms with Crippen molar-refractivity contribution < 1.29 is 18.0 Å². The number of sulfonamides is 1. The number of anilines is 1. The molecule has 0 unspecified atom stereocenters. The fourth-order valence-corrected chi connectivity index (χ4v) is 5.65. The first-order chi connectivity index (χ1) is 19.0. The third-order valence-corrected chi connectivity index (χ3v) is 8.19. The van der Waals surface area contributed by atoms with E-state index in [0.29, 0.717) is 22.8 Å². The van der Waals surface area contributed by atoms with Gasteiger partial charge in [0, 0.05) is 24.5 Å². The molecule has 3 rings (SSSR count). The van der Waals surface area contributed by atoms with Crippen LogP contribution in [0.3, 0.4) is 0 Å². The Labute approximate surface area is 243 Å². The zero-order valence-corrected chi connectivity index (χ0v) is 25.1. The summed E-state index contributed by atoms with van der Waals surface area (Å²) in [4.78, 5) is 29.2. The minimum atomic E-state index is -3.83. The maximum atomic E-state index is 14.1. The van der Waals surface area contributed by atoms with Crippen LogP contribution in [0.15, 0.2) is 72.8 Å². The molecule has 40 heavy (non-hydrogen) atoms. The van der Waals surface area contributed by atoms with Gasteiger partial charge in [0.25, 0.3) is 0 Å². The van der Waals surface area contributed by atoms with Crippen molar-refractivity contribution in [2.75, 3.05) is 23.7 Å². The van der Waals surface area contributed by atoms with E-state index in [1.54, 1.807) is 24.3 Å². The predicted octanol–water partition coefficient (Wildman–Crippen LogP) is 5.28. The van der Waals surface area contributed by atoms with Crippen molar-refractivity contribution in [2.24, 2.45) is 0 Å². The third kappa shape index (κ3) is 8.57. The quantitative estimate of drug-likeness (QED) is 0.277. The van der Waals surface area contributed by atoms with E-state index in [4.69, 9.17) is 11.6 Å². The van der Waals surface area contributed by atoms with Crippen molar-refractivity contribution in [3.63, 3.8) is 0 Å². The molecular weight excluding hydrogens is 546 g/mol. The molecule has 0 spiro atoms. The molecule has 0 aliphatic carbocycles. The summed E-state index contributed by atoms with van der Waals surface area (Å²) in [7, 11) is -3.83. The van der Waals surface area contributed by atoms with E-state index in [2.05, 4.69) is 5.32 Å². The van der Waals surface area contributed by atoms with Crippen LogP contribution in [-0.2, 0) is 32.6 Å². The molecule has 9 heteroatoms. The lowest BCUT2D eigenvalue weighted by molar-refractivity contribution is -0.140. The standard InChI is InChI=1S/C31H38ClN3O4S/c1-5-6-18-33-31(37)29(20-25-12-8-7-9-13-25)34(21-26-14-10-11-15-27(26)32)30(36)22-35(40(4,38)39)28-17-16-23(2)19-24(28)3/h7-17,19,29H,5-6,18,20-22H2,1-4H3,(H,33,37)/t29-/m0/s1. The maximum absolute atomic E-state index is 14.1. The van der Waals surface area contributed by atoms with Crippen LogP contribution >= 0.6 is 11.6 Å². The van der Waals surface area contributed by atoms with E-state index in [-0.39, 0.29) is 18.9 Å². The van der Waals surface area contributed by atoms with Crippen molar-refractivity contribution in [1.29, 1.82) is 0 Å². The Hall–Kier alpha value is -3.36. The molecule has 7 nitrogen and oxygen atoms in total. The first-order valence-electron chi connectivity index (χ1n) is 13.4. The van der Waals surface area contributed by atoms with Crippen molar-refractivity contribution in [1.82, 2.24) is 10.2 Å².